The van der Waals surface area contributed by atoms with Crippen LogP contribution in [0, 0.1) is 11.3 Å². The number of esters is 1. The Bertz CT molecular complexity index is 967. The molecule has 0 amide bonds. The van der Waals surface area contributed by atoms with Crippen molar-refractivity contribution in [3.8, 4) is 6.07 Å². The summed E-state index contributed by atoms with van der Waals surface area (Å²) in [4.78, 5) is 12.4. The maximum Gasteiger partial charge on any atom is 0.355 e. The van der Waals surface area contributed by atoms with Gasteiger partial charge in [0.15, 0.2) is 0 Å². The zero-order chi connectivity index (χ0) is 19.4. The third kappa shape index (κ3) is 4.19. The SMILES string of the molecule is Cn1cc(S(=O)(=O)N2CCOCC2)cc1C(=O)OCc1ccc(C#N)cc1. The number of morpholine rings is 1. The Hall–Kier alpha value is -2.67. The fourth-order valence-corrected chi connectivity index (χ4v) is 4.19. The Morgan fingerprint density at radius 2 is 1.93 bits per heavy atom. The Kier molecular flexibility index (Phi) is 5.60. The summed E-state index contributed by atoms with van der Waals surface area (Å²) in [5.74, 6) is -0.620. The molecule has 0 aliphatic carbocycles. The van der Waals surface area contributed by atoms with Gasteiger partial charge in [-0.05, 0) is 23.8 Å². The van der Waals surface area contributed by atoms with Crippen LogP contribution in [0.4, 0.5) is 0 Å². The third-order valence-electron chi connectivity index (χ3n) is 4.25. The number of hydrogen-bond acceptors (Lipinski definition) is 6. The van der Waals surface area contributed by atoms with Crippen molar-refractivity contribution in [1.29, 1.82) is 5.26 Å². The zero-order valence-corrected chi connectivity index (χ0v) is 15.6. The highest BCUT2D eigenvalue weighted by Crippen LogP contribution is 2.20. The van der Waals surface area contributed by atoms with Gasteiger partial charge in [-0.25, -0.2) is 13.2 Å². The van der Waals surface area contributed by atoms with Gasteiger partial charge in [-0.15, -0.1) is 0 Å². The lowest BCUT2D eigenvalue weighted by atomic mass is 10.2. The lowest BCUT2D eigenvalue weighted by Crippen LogP contribution is -2.40. The van der Waals surface area contributed by atoms with Gasteiger partial charge in [0, 0.05) is 26.3 Å². The van der Waals surface area contributed by atoms with Gasteiger partial charge in [0.25, 0.3) is 0 Å². The molecule has 0 atom stereocenters. The van der Waals surface area contributed by atoms with Crippen LogP contribution in [0.25, 0.3) is 0 Å². The number of sulfonamides is 1. The molecule has 142 valence electrons. The quantitative estimate of drug-likeness (QED) is 0.714. The molecule has 1 saturated heterocycles. The van der Waals surface area contributed by atoms with Crippen molar-refractivity contribution in [2.45, 2.75) is 11.5 Å². The summed E-state index contributed by atoms with van der Waals surface area (Å²) >= 11 is 0. The highest BCUT2D eigenvalue weighted by molar-refractivity contribution is 7.89. The van der Waals surface area contributed by atoms with Crippen LogP contribution in [0.15, 0.2) is 41.4 Å². The second kappa shape index (κ2) is 7.92. The summed E-state index contributed by atoms with van der Waals surface area (Å²) in [6, 6.07) is 10.0. The van der Waals surface area contributed by atoms with E-state index in [9.17, 15) is 13.2 Å². The van der Waals surface area contributed by atoms with Crippen molar-refractivity contribution in [2.75, 3.05) is 26.3 Å². The van der Waals surface area contributed by atoms with Crippen LogP contribution in [0.5, 0.6) is 0 Å². The fourth-order valence-electron chi connectivity index (χ4n) is 2.71. The van der Waals surface area contributed by atoms with Gasteiger partial charge in [-0.1, -0.05) is 12.1 Å². The number of rotatable bonds is 5. The van der Waals surface area contributed by atoms with E-state index in [-0.39, 0.29) is 30.3 Å². The van der Waals surface area contributed by atoms with Gasteiger partial charge in [0.2, 0.25) is 10.0 Å². The molecule has 0 bridgehead atoms. The molecule has 2 aromatic rings. The summed E-state index contributed by atoms with van der Waals surface area (Å²) in [5, 5.41) is 8.79. The van der Waals surface area contributed by atoms with Crippen molar-refractivity contribution in [2.24, 2.45) is 7.05 Å². The first kappa shape index (κ1) is 19.1. The molecule has 0 spiro atoms. The molecule has 2 heterocycles. The average Bonchev–Trinajstić information content (AvgIpc) is 3.10. The maximum atomic E-state index is 12.7. The van der Waals surface area contributed by atoms with Gasteiger partial charge in [0.05, 0.1) is 24.8 Å². The van der Waals surface area contributed by atoms with Gasteiger partial charge in [0.1, 0.15) is 17.2 Å². The Morgan fingerprint density at radius 3 is 2.56 bits per heavy atom. The minimum absolute atomic E-state index is 0.0290. The van der Waals surface area contributed by atoms with Crippen molar-refractivity contribution < 1.29 is 22.7 Å². The Labute approximate surface area is 157 Å². The smallest absolute Gasteiger partial charge is 0.355 e. The minimum Gasteiger partial charge on any atom is -0.456 e. The van der Waals surface area contributed by atoms with E-state index >= 15 is 0 Å². The highest BCUT2D eigenvalue weighted by Gasteiger charge is 2.29. The van der Waals surface area contributed by atoms with Crippen LogP contribution in [-0.4, -0.2) is 49.6 Å². The van der Waals surface area contributed by atoms with Crippen molar-refractivity contribution in [3.63, 3.8) is 0 Å². The molecule has 1 aliphatic heterocycles. The molecular weight excluding hydrogens is 370 g/mol. The molecule has 0 radical (unpaired) electrons. The number of ether oxygens (including phenoxy) is 2. The van der Waals surface area contributed by atoms with Crippen molar-refractivity contribution >= 4 is 16.0 Å². The molecule has 0 unspecified atom stereocenters. The zero-order valence-electron chi connectivity index (χ0n) is 14.8. The van der Waals surface area contributed by atoms with E-state index in [1.165, 1.54) is 21.1 Å². The third-order valence-corrected chi connectivity index (χ3v) is 6.11. The van der Waals surface area contributed by atoms with E-state index in [1.807, 2.05) is 6.07 Å². The molecule has 3 rings (SSSR count). The summed E-state index contributed by atoms with van der Waals surface area (Å²) < 4.78 is 38.6. The number of nitrogens with zero attached hydrogens (tertiary/aromatic N) is 3. The monoisotopic (exact) mass is 389 g/mol. The van der Waals surface area contributed by atoms with E-state index < -0.39 is 16.0 Å². The minimum atomic E-state index is -3.68. The first-order chi connectivity index (χ1) is 12.9. The number of nitriles is 1. The van der Waals surface area contributed by atoms with E-state index in [1.54, 1.807) is 31.3 Å². The van der Waals surface area contributed by atoms with Crippen molar-refractivity contribution in [1.82, 2.24) is 8.87 Å². The van der Waals surface area contributed by atoms with Crippen LogP contribution in [0.3, 0.4) is 0 Å². The van der Waals surface area contributed by atoms with Crippen molar-refractivity contribution in [3.05, 3.63) is 53.3 Å². The number of aryl methyl sites for hydroxylation is 1. The van der Waals surface area contributed by atoms with Gasteiger partial charge in [-0.2, -0.15) is 9.57 Å². The fraction of sp³-hybridized carbons (Fsp3) is 0.333. The number of hydrogen-bond donors (Lipinski definition) is 0. The number of carbonyl (C=O) groups excluding carboxylic acids is 1. The lowest BCUT2D eigenvalue weighted by Gasteiger charge is -2.25. The Balaban J connectivity index is 1.71. The van der Waals surface area contributed by atoms with E-state index in [2.05, 4.69) is 0 Å². The molecular formula is C18H19N3O5S. The van der Waals surface area contributed by atoms with Gasteiger partial charge in [-0.3, -0.25) is 0 Å². The van der Waals surface area contributed by atoms with Gasteiger partial charge < -0.3 is 14.0 Å². The largest absolute Gasteiger partial charge is 0.456 e. The molecule has 0 saturated carbocycles. The molecule has 8 nitrogen and oxygen atoms in total. The molecule has 0 N–H and O–H groups in total. The number of aromatic nitrogens is 1. The predicted octanol–water partition coefficient (Wildman–Crippen LogP) is 1.27. The lowest BCUT2D eigenvalue weighted by molar-refractivity contribution is 0.0461. The number of carbonyl (C=O) groups is 1. The molecule has 1 aromatic carbocycles. The maximum absolute atomic E-state index is 12.7. The molecule has 1 aliphatic rings. The molecule has 1 fully saturated rings. The molecule has 27 heavy (non-hydrogen) atoms. The Morgan fingerprint density at radius 1 is 1.26 bits per heavy atom. The predicted molar refractivity (Wildman–Crippen MR) is 95.3 cm³/mol. The van der Waals surface area contributed by atoms with Crippen LogP contribution >= 0.6 is 0 Å². The second-order valence-corrected chi connectivity index (χ2v) is 8.01. The van der Waals surface area contributed by atoms with E-state index in [0.717, 1.165) is 5.56 Å². The summed E-state index contributed by atoms with van der Waals surface area (Å²) in [7, 11) is -2.08. The van der Waals surface area contributed by atoms with Crippen LogP contribution in [0.1, 0.15) is 21.6 Å². The molecule has 1 aromatic heterocycles. The topological polar surface area (TPSA) is 102 Å². The average molecular weight is 389 g/mol. The first-order valence-electron chi connectivity index (χ1n) is 8.32. The standard InChI is InChI=1S/C18H19N3O5S/c1-20-12-16(27(23,24)21-6-8-25-9-7-21)10-17(20)18(22)26-13-15-4-2-14(11-19)3-5-15/h2-5,10,12H,6-9,13H2,1H3. The van der Waals surface area contributed by atoms with Crippen LogP contribution in [-0.2, 0) is 33.2 Å². The van der Waals surface area contributed by atoms with Crippen LogP contribution in [0.2, 0.25) is 0 Å². The molecule has 9 heteroatoms. The number of benzene rings is 1. The van der Waals surface area contributed by atoms with E-state index in [4.69, 9.17) is 14.7 Å². The summed E-state index contributed by atoms with van der Waals surface area (Å²) in [5.41, 5.74) is 1.40. The van der Waals surface area contributed by atoms with Gasteiger partial charge >= 0.3 is 5.97 Å². The highest BCUT2D eigenvalue weighted by atomic mass is 32.2. The summed E-state index contributed by atoms with van der Waals surface area (Å²) in [6.45, 7) is 1.31. The summed E-state index contributed by atoms with van der Waals surface area (Å²) in [6.07, 6.45) is 1.41. The second-order valence-electron chi connectivity index (χ2n) is 6.07. The normalized spacial score (nSPS) is 15.3. The van der Waals surface area contributed by atoms with Crippen LogP contribution < -0.4 is 0 Å². The van der Waals surface area contributed by atoms with E-state index in [0.29, 0.717) is 18.8 Å². The first-order valence-corrected chi connectivity index (χ1v) is 9.76.